The smallest absolute Gasteiger partial charge is 0.421 e. The third kappa shape index (κ3) is 9.98. The van der Waals surface area contributed by atoms with Gasteiger partial charge in [-0.1, -0.05) is 104 Å². The molecule has 3 saturated heterocycles. The molecule has 0 aliphatic carbocycles. The van der Waals surface area contributed by atoms with E-state index in [9.17, 15) is 24.8 Å². The summed E-state index contributed by atoms with van der Waals surface area (Å²) in [6.07, 6.45) is 1.53. The average molecular weight is 1030 g/mol. The normalized spacial score (nSPS) is 22.0. The summed E-state index contributed by atoms with van der Waals surface area (Å²) < 4.78 is 28.3. The van der Waals surface area contributed by atoms with Crippen LogP contribution >= 0.6 is 0 Å². The molecular formula is C58H56N4O14. The number of anilines is 1. The van der Waals surface area contributed by atoms with Crippen LogP contribution in [0, 0.1) is 33.8 Å². The lowest BCUT2D eigenvalue weighted by Crippen LogP contribution is -2.56. The van der Waals surface area contributed by atoms with Crippen molar-refractivity contribution in [1.29, 1.82) is 0 Å². The SMILES string of the molecule is COC(=O)C(CC#Cc1ccc2c(c1)[C@]1(C(=O)N2C(=O)OCc2ccc([N+](=O)[O-])cc2)[C@H](c2cccc(OCCO)c2)N2[C@H](c3ccccc3)[C@H](c3ccccc3)OC(=O)[C@H]2[C@@H]1C(=O)N1CCCCCCC1)C(=O)OC. The molecule has 3 fully saturated rings. The highest BCUT2D eigenvalue weighted by Crippen LogP contribution is 2.66. The lowest BCUT2D eigenvalue weighted by molar-refractivity contribution is -0.384. The molecule has 392 valence electrons. The molecule has 0 radical (unpaired) electrons. The highest BCUT2D eigenvalue weighted by Gasteiger charge is 2.76. The van der Waals surface area contributed by atoms with E-state index in [1.54, 1.807) is 41.3 Å². The molecule has 1 spiro atoms. The molecule has 4 aliphatic heterocycles. The Morgan fingerprint density at radius 3 is 2.08 bits per heavy atom. The van der Waals surface area contributed by atoms with E-state index >= 15 is 19.2 Å². The Morgan fingerprint density at radius 1 is 0.789 bits per heavy atom. The number of methoxy groups -OCH3 is 2. The number of esters is 3. The van der Waals surface area contributed by atoms with Crippen LogP contribution in [0.1, 0.15) is 90.1 Å². The summed E-state index contributed by atoms with van der Waals surface area (Å²) in [5.41, 5.74) is 0.192. The highest BCUT2D eigenvalue weighted by atomic mass is 16.6. The average Bonchev–Trinajstić information content (AvgIpc) is 3.98. The predicted molar refractivity (Wildman–Crippen MR) is 273 cm³/mol. The maximum absolute atomic E-state index is 16.8. The van der Waals surface area contributed by atoms with Gasteiger partial charge in [-0.2, -0.15) is 0 Å². The van der Waals surface area contributed by atoms with Gasteiger partial charge in [-0.15, -0.1) is 0 Å². The second-order valence-corrected chi connectivity index (χ2v) is 19.0. The van der Waals surface area contributed by atoms with Crippen LogP contribution in [-0.4, -0.2) is 102 Å². The number of aliphatic hydroxyl groups is 1. The number of nitro groups is 1. The Bertz CT molecular complexity index is 3050. The molecule has 0 aromatic heterocycles. The van der Waals surface area contributed by atoms with Gasteiger partial charge in [0.15, 0.2) is 5.92 Å². The summed E-state index contributed by atoms with van der Waals surface area (Å²) in [6.45, 7) is -0.153. The number of hydrogen-bond acceptors (Lipinski definition) is 15. The van der Waals surface area contributed by atoms with Gasteiger partial charge in [0, 0.05) is 37.2 Å². The van der Waals surface area contributed by atoms with E-state index in [4.69, 9.17) is 23.7 Å². The third-order valence-corrected chi connectivity index (χ3v) is 14.6. The fourth-order valence-electron chi connectivity index (χ4n) is 11.3. The number of carbonyl (C=O) groups is 6. The number of nitrogens with zero attached hydrogens (tertiary/aromatic N) is 4. The minimum absolute atomic E-state index is 0.0264. The van der Waals surface area contributed by atoms with Crippen molar-refractivity contribution in [1.82, 2.24) is 9.80 Å². The maximum atomic E-state index is 16.8. The first-order chi connectivity index (χ1) is 36.9. The van der Waals surface area contributed by atoms with Crippen molar-refractivity contribution in [2.75, 3.05) is 45.4 Å². The van der Waals surface area contributed by atoms with Gasteiger partial charge >= 0.3 is 24.0 Å². The molecule has 4 heterocycles. The lowest BCUT2D eigenvalue weighted by Gasteiger charge is -2.46. The molecule has 18 heteroatoms. The van der Waals surface area contributed by atoms with Crippen LogP contribution in [-0.2, 0) is 54.9 Å². The lowest BCUT2D eigenvalue weighted by atomic mass is 9.64. The van der Waals surface area contributed by atoms with Crippen molar-refractivity contribution >= 4 is 47.2 Å². The molecule has 5 aromatic rings. The summed E-state index contributed by atoms with van der Waals surface area (Å²) in [4.78, 5) is 105. The molecule has 4 aliphatic rings. The van der Waals surface area contributed by atoms with E-state index in [2.05, 4.69) is 11.8 Å². The van der Waals surface area contributed by atoms with Crippen molar-refractivity contribution in [3.05, 3.63) is 171 Å². The van der Waals surface area contributed by atoms with E-state index in [0.29, 0.717) is 53.9 Å². The number of imide groups is 1. The number of likely N-dealkylation sites (tertiary alicyclic amines) is 1. The molecule has 0 unspecified atom stereocenters. The number of morpholine rings is 1. The Kier molecular flexibility index (Phi) is 15.9. The number of cyclic esters (lactones) is 1. The highest BCUT2D eigenvalue weighted by molar-refractivity contribution is 6.23. The number of benzene rings is 5. The van der Waals surface area contributed by atoms with E-state index in [-0.39, 0.29) is 42.1 Å². The number of rotatable bonds is 13. The fourth-order valence-corrected chi connectivity index (χ4v) is 11.3. The fraction of sp³-hybridized carbons (Fsp3) is 0.345. The maximum Gasteiger partial charge on any atom is 0.421 e. The predicted octanol–water partition coefficient (Wildman–Crippen LogP) is 7.46. The Labute approximate surface area is 438 Å². The van der Waals surface area contributed by atoms with Gasteiger partial charge in [-0.3, -0.25) is 39.0 Å². The zero-order valence-electron chi connectivity index (χ0n) is 41.9. The molecule has 3 amide bonds. The van der Waals surface area contributed by atoms with Crippen LogP contribution in [0.15, 0.2) is 127 Å². The van der Waals surface area contributed by atoms with E-state index in [1.807, 2.05) is 65.6 Å². The minimum atomic E-state index is -2.18. The van der Waals surface area contributed by atoms with Crippen molar-refractivity contribution in [2.45, 2.75) is 74.8 Å². The van der Waals surface area contributed by atoms with Gasteiger partial charge in [0.1, 0.15) is 36.5 Å². The molecule has 0 saturated carbocycles. The van der Waals surface area contributed by atoms with Gasteiger partial charge in [0.2, 0.25) is 11.8 Å². The largest absolute Gasteiger partial charge is 0.491 e. The number of ether oxygens (including phenoxy) is 5. The minimum Gasteiger partial charge on any atom is -0.491 e. The zero-order valence-corrected chi connectivity index (χ0v) is 41.9. The first-order valence-electron chi connectivity index (χ1n) is 25.2. The Hall–Kier alpha value is -8.40. The van der Waals surface area contributed by atoms with Gasteiger partial charge < -0.3 is 33.7 Å². The van der Waals surface area contributed by atoms with E-state index in [0.717, 1.165) is 38.4 Å². The van der Waals surface area contributed by atoms with E-state index in [1.165, 1.54) is 30.3 Å². The van der Waals surface area contributed by atoms with Crippen LogP contribution in [0.5, 0.6) is 5.75 Å². The molecule has 1 N–H and O–H groups in total. The number of amides is 3. The number of fused-ring (bicyclic) bond motifs is 3. The topological polar surface area (TPSA) is 222 Å². The third-order valence-electron chi connectivity index (χ3n) is 14.6. The summed E-state index contributed by atoms with van der Waals surface area (Å²) >= 11 is 0. The monoisotopic (exact) mass is 1030 g/mol. The van der Waals surface area contributed by atoms with Crippen molar-refractivity contribution < 1.29 is 62.5 Å². The molecule has 76 heavy (non-hydrogen) atoms. The first kappa shape index (κ1) is 52.5. The second kappa shape index (κ2) is 23.0. The molecule has 6 atom stereocenters. The number of nitro benzene ring substituents is 1. The summed E-state index contributed by atoms with van der Waals surface area (Å²) in [6, 6.07) is 31.8. The van der Waals surface area contributed by atoms with Crippen molar-refractivity contribution in [3.63, 3.8) is 0 Å². The number of carbonyl (C=O) groups excluding carboxylic acids is 6. The summed E-state index contributed by atoms with van der Waals surface area (Å²) in [7, 11) is 2.27. The summed E-state index contributed by atoms with van der Waals surface area (Å²) in [5, 5.41) is 21.4. The van der Waals surface area contributed by atoms with Gasteiger partial charge in [-0.25, -0.2) is 9.69 Å². The quantitative estimate of drug-likeness (QED) is 0.0302. The van der Waals surface area contributed by atoms with Crippen LogP contribution in [0.2, 0.25) is 0 Å². The first-order valence-corrected chi connectivity index (χ1v) is 25.2. The van der Waals surface area contributed by atoms with Crippen LogP contribution in [0.25, 0.3) is 0 Å². The Balaban J connectivity index is 1.32. The molecule has 0 bridgehead atoms. The van der Waals surface area contributed by atoms with Gasteiger partial charge in [-0.05, 0) is 83.1 Å². The number of hydrogen-bond donors (Lipinski definition) is 1. The zero-order chi connectivity index (χ0) is 53.5. The number of aliphatic hydroxyl groups excluding tert-OH is 1. The molecular weight excluding hydrogens is 977 g/mol. The Morgan fingerprint density at radius 2 is 1.43 bits per heavy atom. The van der Waals surface area contributed by atoms with Crippen LogP contribution in [0.3, 0.4) is 0 Å². The standard InChI is InChI=1S/C58H56N4O14/c1-72-53(65)44(54(66)73-2)23-14-16-37-26-29-46-45(34-37)58(56(68)60(46)57(69)75-36-38-24-27-42(28-25-38)62(70)71)47(52(64)59-30-12-4-3-5-13-31-59)49-55(67)76-50(40-19-10-7-11-20-40)48(39-17-8-6-9-18-39)61(49)51(58)41-21-15-22-43(35-41)74-33-32-63/h6-11,15,17-22,24-29,34-35,44,47-51,63H,3-5,12-13,23,30-33,36H2,1-2H3/t47-,48-,49-,50+,51+,58-/m1/s1. The van der Waals surface area contributed by atoms with Crippen LogP contribution in [0.4, 0.5) is 16.2 Å². The molecule has 5 aromatic carbocycles. The van der Waals surface area contributed by atoms with Gasteiger partial charge in [0.25, 0.3) is 5.69 Å². The van der Waals surface area contributed by atoms with Gasteiger partial charge in [0.05, 0.1) is 49.4 Å². The second-order valence-electron chi connectivity index (χ2n) is 19.0. The summed E-state index contributed by atoms with van der Waals surface area (Å²) in [5.74, 6) is -0.644. The van der Waals surface area contributed by atoms with Crippen molar-refractivity contribution in [2.24, 2.45) is 11.8 Å². The molecule has 18 nitrogen and oxygen atoms in total. The van der Waals surface area contributed by atoms with Crippen molar-refractivity contribution in [3.8, 4) is 17.6 Å². The van der Waals surface area contributed by atoms with E-state index < -0.39 is 88.8 Å². The van der Waals surface area contributed by atoms with Crippen LogP contribution < -0.4 is 9.64 Å². The molecule has 9 rings (SSSR count). The number of non-ortho nitro benzene ring substituents is 1.